The first-order valence-corrected chi connectivity index (χ1v) is 8.93. The normalized spacial score (nSPS) is 11.5. The van der Waals surface area contributed by atoms with Gasteiger partial charge in [0.05, 0.1) is 5.02 Å². The van der Waals surface area contributed by atoms with Crippen molar-refractivity contribution in [2.24, 2.45) is 5.14 Å². The third-order valence-corrected chi connectivity index (χ3v) is 4.86. The minimum absolute atomic E-state index is 0.0613. The van der Waals surface area contributed by atoms with E-state index in [4.69, 9.17) is 28.3 Å². The Hall–Kier alpha value is -1.27. The van der Waals surface area contributed by atoms with Crippen LogP contribution in [0.5, 0.6) is 0 Å². The summed E-state index contributed by atoms with van der Waals surface area (Å²) in [7, 11) is -3.84. The van der Waals surface area contributed by atoms with Crippen molar-refractivity contribution in [1.82, 2.24) is 0 Å². The molecule has 0 fully saturated rings. The minimum atomic E-state index is -3.84. The van der Waals surface area contributed by atoms with Gasteiger partial charge in [0.15, 0.2) is 0 Å². The van der Waals surface area contributed by atoms with Crippen LogP contribution in [0.2, 0.25) is 10.0 Å². The molecule has 7 heteroatoms. The molecule has 0 bridgehead atoms. The second-order valence-electron chi connectivity index (χ2n) is 4.80. The molecule has 2 aromatic rings. The summed E-state index contributed by atoms with van der Waals surface area (Å²) in [5.74, 6) is 0. The van der Waals surface area contributed by atoms with E-state index in [1.807, 2.05) is 25.1 Å². The standard InChI is InChI=1S/C15H16Cl2N2O2S/c1-2-19(13-5-3-4-12(16)9-13)10-11-6-7-14(17)15(8-11)22(18,20)21/h3-9H,2,10H2,1H3,(H2,18,20,21). The van der Waals surface area contributed by atoms with Crippen molar-refractivity contribution in [2.75, 3.05) is 11.4 Å². The molecular weight excluding hydrogens is 343 g/mol. The van der Waals surface area contributed by atoms with E-state index in [0.717, 1.165) is 17.8 Å². The number of primary sulfonamides is 1. The molecule has 118 valence electrons. The van der Waals surface area contributed by atoms with Crippen LogP contribution in [0.15, 0.2) is 47.4 Å². The average Bonchev–Trinajstić information content (AvgIpc) is 2.45. The van der Waals surface area contributed by atoms with Crippen LogP contribution in [0.3, 0.4) is 0 Å². The zero-order valence-electron chi connectivity index (χ0n) is 12.0. The first-order valence-electron chi connectivity index (χ1n) is 6.63. The van der Waals surface area contributed by atoms with Gasteiger partial charge in [0.1, 0.15) is 4.90 Å². The predicted octanol–water partition coefficient (Wildman–Crippen LogP) is 3.67. The van der Waals surface area contributed by atoms with Crippen LogP contribution >= 0.6 is 23.2 Å². The van der Waals surface area contributed by atoms with Crippen LogP contribution in [0.1, 0.15) is 12.5 Å². The minimum Gasteiger partial charge on any atom is -0.367 e. The summed E-state index contributed by atoms with van der Waals surface area (Å²) in [5, 5.41) is 5.95. The predicted molar refractivity (Wildman–Crippen MR) is 91.0 cm³/mol. The molecule has 0 aliphatic heterocycles. The lowest BCUT2D eigenvalue weighted by molar-refractivity contribution is 0.597. The molecule has 2 rings (SSSR count). The van der Waals surface area contributed by atoms with Gasteiger partial charge in [0, 0.05) is 23.8 Å². The van der Waals surface area contributed by atoms with E-state index in [1.165, 1.54) is 6.07 Å². The van der Waals surface area contributed by atoms with Crippen molar-refractivity contribution in [3.8, 4) is 0 Å². The Kier molecular flexibility index (Phi) is 5.34. The average molecular weight is 359 g/mol. The number of rotatable bonds is 5. The topological polar surface area (TPSA) is 63.4 Å². The highest BCUT2D eigenvalue weighted by Gasteiger charge is 2.15. The van der Waals surface area contributed by atoms with Gasteiger partial charge in [-0.15, -0.1) is 0 Å². The van der Waals surface area contributed by atoms with Crippen LogP contribution in [0.25, 0.3) is 0 Å². The zero-order chi connectivity index (χ0) is 16.3. The molecule has 2 N–H and O–H groups in total. The highest BCUT2D eigenvalue weighted by atomic mass is 35.5. The molecule has 0 amide bonds. The van der Waals surface area contributed by atoms with E-state index in [0.29, 0.717) is 11.6 Å². The molecule has 0 saturated carbocycles. The number of hydrogen-bond donors (Lipinski definition) is 1. The van der Waals surface area contributed by atoms with E-state index in [-0.39, 0.29) is 9.92 Å². The number of sulfonamides is 1. The maximum Gasteiger partial charge on any atom is 0.239 e. The van der Waals surface area contributed by atoms with Crippen molar-refractivity contribution in [3.05, 3.63) is 58.1 Å². The highest BCUT2D eigenvalue weighted by Crippen LogP contribution is 2.25. The van der Waals surface area contributed by atoms with Gasteiger partial charge in [-0.1, -0.05) is 35.3 Å². The molecule has 0 spiro atoms. The van der Waals surface area contributed by atoms with Crippen molar-refractivity contribution in [1.29, 1.82) is 0 Å². The molecule has 22 heavy (non-hydrogen) atoms. The Bertz CT molecular complexity index is 779. The van der Waals surface area contributed by atoms with Gasteiger partial charge < -0.3 is 4.90 Å². The fourth-order valence-corrected chi connectivity index (χ4v) is 3.42. The Morgan fingerprint density at radius 3 is 2.45 bits per heavy atom. The van der Waals surface area contributed by atoms with Gasteiger partial charge in [0.2, 0.25) is 10.0 Å². The summed E-state index contributed by atoms with van der Waals surface area (Å²) < 4.78 is 23.1. The van der Waals surface area contributed by atoms with Crippen molar-refractivity contribution in [2.45, 2.75) is 18.4 Å². The molecule has 4 nitrogen and oxygen atoms in total. The Morgan fingerprint density at radius 2 is 1.86 bits per heavy atom. The quantitative estimate of drug-likeness (QED) is 0.886. The van der Waals surface area contributed by atoms with Gasteiger partial charge in [0.25, 0.3) is 0 Å². The third kappa shape index (κ3) is 4.14. The SMILES string of the molecule is CCN(Cc1ccc(Cl)c(S(N)(=O)=O)c1)c1cccc(Cl)c1. The van der Waals surface area contributed by atoms with Crippen LogP contribution in [0, 0.1) is 0 Å². The van der Waals surface area contributed by atoms with Crippen LogP contribution in [0.4, 0.5) is 5.69 Å². The van der Waals surface area contributed by atoms with Gasteiger partial charge in [-0.3, -0.25) is 0 Å². The summed E-state index contributed by atoms with van der Waals surface area (Å²) in [6, 6.07) is 12.3. The lowest BCUT2D eigenvalue weighted by Crippen LogP contribution is -2.22. The van der Waals surface area contributed by atoms with Gasteiger partial charge in [-0.05, 0) is 42.8 Å². The van der Waals surface area contributed by atoms with E-state index in [9.17, 15) is 8.42 Å². The molecule has 2 aromatic carbocycles. The molecule has 0 radical (unpaired) electrons. The third-order valence-electron chi connectivity index (χ3n) is 3.23. The van der Waals surface area contributed by atoms with E-state index < -0.39 is 10.0 Å². The number of nitrogens with two attached hydrogens (primary N) is 1. The molecule has 0 aromatic heterocycles. The smallest absolute Gasteiger partial charge is 0.239 e. The summed E-state index contributed by atoms with van der Waals surface area (Å²) >= 11 is 11.9. The molecule has 0 aliphatic rings. The monoisotopic (exact) mass is 358 g/mol. The van der Waals surface area contributed by atoms with Crippen LogP contribution < -0.4 is 10.0 Å². The summed E-state index contributed by atoms with van der Waals surface area (Å²) in [4.78, 5) is 2.01. The fourth-order valence-electron chi connectivity index (χ4n) is 2.14. The van der Waals surface area contributed by atoms with Crippen molar-refractivity contribution >= 4 is 38.9 Å². The Morgan fingerprint density at radius 1 is 1.14 bits per heavy atom. The van der Waals surface area contributed by atoms with Crippen LogP contribution in [-0.4, -0.2) is 15.0 Å². The summed E-state index contributed by atoms with van der Waals surface area (Å²) in [5.41, 5.74) is 1.76. The molecule has 0 atom stereocenters. The van der Waals surface area contributed by atoms with E-state index in [1.54, 1.807) is 18.2 Å². The van der Waals surface area contributed by atoms with Crippen molar-refractivity contribution in [3.63, 3.8) is 0 Å². The van der Waals surface area contributed by atoms with Crippen LogP contribution in [-0.2, 0) is 16.6 Å². The molecule has 0 unspecified atom stereocenters. The first kappa shape index (κ1) is 17.1. The number of halogens is 2. The maximum atomic E-state index is 11.5. The molecular formula is C15H16Cl2N2O2S. The Balaban J connectivity index is 2.33. The number of anilines is 1. The first-order chi connectivity index (χ1) is 10.3. The van der Waals surface area contributed by atoms with Crippen molar-refractivity contribution < 1.29 is 8.42 Å². The second-order valence-corrected chi connectivity index (χ2v) is 7.18. The number of nitrogens with zero attached hydrogens (tertiary/aromatic N) is 1. The summed E-state index contributed by atoms with van der Waals surface area (Å²) in [6.45, 7) is 3.28. The number of hydrogen-bond acceptors (Lipinski definition) is 3. The molecule has 0 aliphatic carbocycles. The van der Waals surface area contributed by atoms with Gasteiger partial charge in [-0.25, -0.2) is 13.6 Å². The van der Waals surface area contributed by atoms with Gasteiger partial charge in [-0.2, -0.15) is 0 Å². The van der Waals surface area contributed by atoms with E-state index in [2.05, 4.69) is 4.90 Å². The maximum absolute atomic E-state index is 11.5. The Labute approximate surface area is 140 Å². The largest absolute Gasteiger partial charge is 0.367 e. The van der Waals surface area contributed by atoms with Gasteiger partial charge >= 0.3 is 0 Å². The number of benzene rings is 2. The molecule has 0 saturated heterocycles. The lowest BCUT2D eigenvalue weighted by Gasteiger charge is -2.23. The highest BCUT2D eigenvalue weighted by molar-refractivity contribution is 7.89. The summed E-state index contributed by atoms with van der Waals surface area (Å²) in [6.07, 6.45) is 0. The fraction of sp³-hybridized carbons (Fsp3) is 0.200. The zero-order valence-corrected chi connectivity index (χ0v) is 14.3. The molecule has 0 heterocycles. The van der Waals surface area contributed by atoms with E-state index >= 15 is 0 Å². The lowest BCUT2D eigenvalue weighted by atomic mass is 10.2. The second kappa shape index (κ2) is 6.87.